The van der Waals surface area contributed by atoms with E-state index in [-0.39, 0.29) is 5.91 Å². The molecule has 1 atom stereocenters. The van der Waals surface area contributed by atoms with Crippen LogP contribution in [0.3, 0.4) is 0 Å². The van der Waals surface area contributed by atoms with Gasteiger partial charge in [-0.3, -0.25) is 9.48 Å². The van der Waals surface area contributed by atoms with Crippen molar-refractivity contribution in [3.05, 3.63) is 82.7 Å². The number of amides is 1. The maximum atomic E-state index is 13.0. The lowest BCUT2D eigenvalue weighted by Crippen LogP contribution is -2.41. The van der Waals surface area contributed by atoms with Gasteiger partial charge in [0.05, 0.1) is 18.8 Å². The van der Waals surface area contributed by atoms with E-state index < -0.39 is 0 Å². The molecule has 0 radical (unpaired) electrons. The van der Waals surface area contributed by atoms with Gasteiger partial charge in [-0.15, -0.1) is 0 Å². The topological polar surface area (TPSA) is 47.4 Å². The minimum Gasteiger partial charge on any atom is -0.493 e. The van der Waals surface area contributed by atoms with Crippen molar-refractivity contribution < 1.29 is 9.53 Å². The van der Waals surface area contributed by atoms with Crippen LogP contribution < -0.4 is 4.74 Å². The molecular weight excluding hydrogens is 410 g/mol. The first-order valence-corrected chi connectivity index (χ1v) is 12.0. The number of carbonyl (C=O) groups excluding carboxylic acids is 1. The third-order valence-corrected chi connectivity index (χ3v) is 6.67. The number of piperidine rings is 1. The highest BCUT2D eigenvalue weighted by atomic mass is 16.5. The number of nitrogens with zero attached hydrogens (tertiary/aromatic N) is 3. The second kappa shape index (κ2) is 10.7. The molecule has 1 unspecified atom stereocenters. The van der Waals surface area contributed by atoms with Crippen LogP contribution in [0.25, 0.3) is 0 Å². The molecule has 2 heterocycles. The second-order valence-electron chi connectivity index (χ2n) is 9.26. The number of ether oxygens (including phenoxy) is 1. The van der Waals surface area contributed by atoms with Gasteiger partial charge in [-0.1, -0.05) is 48.0 Å². The van der Waals surface area contributed by atoms with Crippen LogP contribution in [0.4, 0.5) is 0 Å². The first kappa shape index (κ1) is 23.1. The maximum Gasteiger partial charge on any atom is 0.222 e. The lowest BCUT2D eigenvalue weighted by atomic mass is 9.98. The van der Waals surface area contributed by atoms with E-state index in [1.54, 1.807) is 0 Å². The van der Waals surface area contributed by atoms with E-state index in [0.29, 0.717) is 18.9 Å². The summed E-state index contributed by atoms with van der Waals surface area (Å²) in [5.74, 6) is 1.53. The smallest absolute Gasteiger partial charge is 0.222 e. The molecule has 0 saturated carbocycles. The van der Waals surface area contributed by atoms with Crippen LogP contribution in [0.2, 0.25) is 0 Å². The summed E-state index contributed by atoms with van der Waals surface area (Å²) in [4.78, 5) is 15.0. The monoisotopic (exact) mass is 445 g/mol. The summed E-state index contributed by atoms with van der Waals surface area (Å²) >= 11 is 0. The van der Waals surface area contributed by atoms with Crippen LogP contribution in [-0.2, 0) is 17.8 Å². The Morgan fingerprint density at radius 3 is 2.58 bits per heavy atom. The van der Waals surface area contributed by atoms with Crippen molar-refractivity contribution in [2.24, 2.45) is 5.92 Å². The molecule has 1 aliphatic rings. The van der Waals surface area contributed by atoms with Gasteiger partial charge in [0.2, 0.25) is 5.91 Å². The van der Waals surface area contributed by atoms with Crippen LogP contribution in [-0.4, -0.2) is 40.3 Å². The highest BCUT2D eigenvalue weighted by molar-refractivity contribution is 5.76. The molecule has 0 N–H and O–H groups in total. The van der Waals surface area contributed by atoms with Gasteiger partial charge >= 0.3 is 0 Å². The number of aryl methyl sites for hydroxylation is 2. The predicted molar refractivity (Wildman–Crippen MR) is 132 cm³/mol. The van der Waals surface area contributed by atoms with Crippen LogP contribution in [0, 0.1) is 26.7 Å². The highest BCUT2D eigenvalue weighted by Gasteiger charge is 2.24. The first-order valence-electron chi connectivity index (χ1n) is 12.0. The van der Waals surface area contributed by atoms with Crippen LogP contribution >= 0.6 is 0 Å². The summed E-state index contributed by atoms with van der Waals surface area (Å²) in [6.45, 7) is 9.33. The van der Waals surface area contributed by atoms with E-state index in [9.17, 15) is 4.79 Å². The molecular formula is C28H35N3O2. The Balaban J connectivity index is 1.30. The lowest BCUT2D eigenvalue weighted by Gasteiger charge is -2.32. The summed E-state index contributed by atoms with van der Waals surface area (Å²) in [7, 11) is 0. The zero-order valence-corrected chi connectivity index (χ0v) is 20.1. The molecule has 0 aliphatic carbocycles. The van der Waals surface area contributed by atoms with E-state index in [4.69, 9.17) is 9.84 Å². The fraction of sp³-hybridized carbons (Fsp3) is 0.429. The van der Waals surface area contributed by atoms with Gasteiger partial charge in [-0.2, -0.15) is 5.10 Å². The van der Waals surface area contributed by atoms with Crippen molar-refractivity contribution in [2.75, 3.05) is 19.7 Å². The number of hydrogen-bond acceptors (Lipinski definition) is 3. The van der Waals surface area contributed by atoms with E-state index >= 15 is 0 Å². The number of hydrogen-bond donors (Lipinski definition) is 0. The van der Waals surface area contributed by atoms with Crippen LogP contribution in [0.15, 0.2) is 54.6 Å². The third kappa shape index (κ3) is 6.04. The minimum atomic E-state index is 0.240. The van der Waals surface area contributed by atoms with E-state index in [1.807, 2.05) is 35.2 Å². The fourth-order valence-corrected chi connectivity index (χ4v) is 4.66. The molecule has 1 amide bonds. The third-order valence-electron chi connectivity index (χ3n) is 6.67. The molecule has 1 aromatic heterocycles. The van der Waals surface area contributed by atoms with E-state index in [0.717, 1.165) is 56.0 Å². The number of aromatic nitrogens is 2. The highest BCUT2D eigenvalue weighted by Crippen LogP contribution is 2.21. The number of carbonyl (C=O) groups is 1. The molecule has 33 heavy (non-hydrogen) atoms. The predicted octanol–water partition coefficient (Wildman–Crippen LogP) is 5.11. The Kier molecular flexibility index (Phi) is 7.48. The second-order valence-corrected chi connectivity index (χ2v) is 9.26. The summed E-state index contributed by atoms with van der Waals surface area (Å²) in [6, 6.07) is 18.5. The largest absolute Gasteiger partial charge is 0.493 e. The van der Waals surface area contributed by atoms with Crippen molar-refractivity contribution in [1.82, 2.24) is 14.7 Å². The summed E-state index contributed by atoms with van der Waals surface area (Å²) in [5, 5.41) is 4.76. The van der Waals surface area contributed by atoms with E-state index in [2.05, 4.69) is 49.7 Å². The maximum absolute atomic E-state index is 13.0. The number of benzene rings is 2. The summed E-state index contributed by atoms with van der Waals surface area (Å²) in [5.41, 5.74) is 5.90. The number of likely N-dealkylation sites (tertiary alicyclic amines) is 1. The Bertz CT molecular complexity index is 1060. The van der Waals surface area contributed by atoms with Gasteiger partial charge < -0.3 is 9.64 Å². The molecule has 174 valence electrons. The van der Waals surface area contributed by atoms with Gasteiger partial charge in [0.1, 0.15) is 5.75 Å². The summed E-state index contributed by atoms with van der Waals surface area (Å²) < 4.78 is 8.01. The zero-order valence-electron chi connectivity index (χ0n) is 20.1. The molecule has 1 aliphatic heterocycles. The molecule has 5 heteroatoms. The molecule has 1 saturated heterocycles. The lowest BCUT2D eigenvalue weighted by molar-refractivity contribution is -0.133. The molecule has 2 aromatic carbocycles. The van der Waals surface area contributed by atoms with Gasteiger partial charge in [0.25, 0.3) is 0 Å². The molecule has 0 spiro atoms. The molecule has 3 aromatic rings. The Labute approximate surface area is 197 Å². The normalized spacial score (nSPS) is 16.1. The van der Waals surface area contributed by atoms with Crippen molar-refractivity contribution in [3.63, 3.8) is 0 Å². The zero-order chi connectivity index (χ0) is 23.2. The molecule has 0 bridgehead atoms. The first-order chi connectivity index (χ1) is 16.0. The number of rotatable bonds is 8. The SMILES string of the molecule is Cc1ccc(Cn2nc(C)c(CCC(=O)N3CCCC(COc4ccccc4)C3)c2C)cc1. The summed E-state index contributed by atoms with van der Waals surface area (Å²) in [6.07, 6.45) is 3.43. The van der Waals surface area contributed by atoms with Crippen LogP contribution in [0.1, 0.15) is 47.3 Å². The minimum absolute atomic E-state index is 0.240. The van der Waals surface area contributed by atoms with Crippen molar-refractivity contribution in [2.45, 2.75) is 53.0 Å². The molecule has 4 rings (SSSR count). The average molecular weight is 446 g/mol. The van der Waals surface area contributed by atoms with Gasteiger partial charge in [-0.05, 0) is 63.3 Å². The van der Waals surface area contributed by atoms with Crippen molar-refractivity contribution in [3.8, 4) is 5.75 Å². The standard InChI is InChI=1S/C28H35N3O2/c1-21-11-13-24(14-12-21)19-31-23(3)27(22(2)29-31)15-16-28(32)30-17-7-8-25(18-30)20-33-26-9-5-4-6-10-26/h4-6,9-14,25H,7-8,15-20H2,1-3H3. The molecule has 5 nitrogen and oxygen atoms in total. The number of para-hydroxylation sites is 1. The van der Waals surface area contributed by atoms with E-state index in [1.165, 1.54) is 16.7 Å². The quantitative estimate of drug-likeness (QED) is 0.484. The Morgan fingerprint density at radius 2 is 1.82 bits per heavy atom. The van der Waals surface area contributed by atoms with Crippen LogP contribution in [0.5, 0.6) is 5.75 Å². The van der Waals surface area contributed by atoms with Gasteiger partial charge in [0.15, 0.2) is 0 Å². The Hall–Kier alpha value is -3.08. The van der Waals surface area contributed by atoms with Crippen molar-refractivity contribution in [1.29, 1.82) is 0 Å². The average Bonchev–Trinajstić information content (AvgIpc) is 3.10. The van der Waals surface area contributed by atoms with Gasteiger partial charge in [-0.25, -0.2) is 0 Å². The van der Waals surface area contributed by atoms with Crippen molar-refractivity contribution >= 4 is 5.91 Å². The Morgan fingerprint density at radius 1 is 1.06 bits per heavy atom. The molecule has 1 fully saturated rings. The fourth-order valence-electron chi connectivity index (χ4n) is 4.66. The van der Waals surface area contributed by atoms with Gasteiger partial charge in [0, 0.05) is 31.1 Å².